The van der Waals surface area contributed by atoms with Crippen molar-refractivity contribution in [2.24, 2.45) is 0 Å². The standard InChI is InChI=1S/C34H34FNO5S/c1-22(38)17-32(39)26-7-3-5-23(18-26)6-4-15-40-16-14-36(42-2)31-20-33-29(19-28(31)24-8-9-24)30(21-37)34(41-33)25-10-12-27(35)13-11-25/h3,5,7,10-13,17-21,24,38H,4,6,8-9,14-16H2,1-2H3/b22-17-. The number of nitrogens with zero attached hydrogens (tertiary/aromatic N) is 1. The molecule has 1 N–H and O–H groups in total. The highest BCUT2D eigenvalue weighted by atomic mass is 32.2. The van der Waals surface area contributed by atoms with Gasteiger partial charge in [0.05, 0.1) is 30.2 Å². The molecule has 0 atom stereocenters. The highest BCUT2D eigenvalue weighted by molar-refractivity contribution is 7.99. The van der Waals surface area contributed by atoms with E-state index < -0.39 is 0 Å². The summed E-state index contributed by atoms with van der Waals surface area (Å²) >= 11 is 1.62. The van der Waals surface area contributed by atoms with Gasteiger partial charge in [0.1, 0.15) is 17.2 Å². The van der Waals surface area contributed by atoms with E-state index in [1.54, 1.807) is 30.1 Å². The third-order valence-electron chi connectivity index (χ3n) is 7.35. The molecule has 42 heavy (non-hydrogen) atoms. The quantitative estimate of drug-likeness (QED) is 0.0397. The van der Waals surface area contributed by atoms with Crippen LogP contribution in [0.25, 0.3) is 22.3 Å². The van der Waals surface area contributed by atoms with Crippen LogP contribution in [-0.4, -0.2) is 43.2 Å². The molecule has 4 aromatic rings. The van der Waals surface area contributed by atoms with Crippen LogP contribution < -0.4 is 4.31 Å². The summed E-state index contributed by atoms with van der Waals surface area (Å²) in [7, 11) is 0. The predicted octanol–water partition coefficient (Wildman–Crippen LogP) is 8.31. The van der Waals surface area contributed by atoms with Crippen molar-refractivity contribution in [3.8, 4) is 11.3 Å². The molecule has 0 radical (unpaired) electrons. The lowest BCUT2D eigenvalue weighted by Gasteiger charge is -2.24. The van der Waals surface area contributed by atoms with Gasteiger partial charge in [-0.05, 0) is 86.1 Å². The van der Waals surface area contributed by atoms with E-state index >= 15 is 0 Å². The number of fused-ring (bicyclic) bond motifs is 1. The summed E-state index contributed by atoms with van der Waals surface area (Å²) in [5, 5.41) is 10.1. The zero-order chi connectivity index (χ0) is 29.6. The SMILES string of the molecule is CSN(CCOCCCc1cccc(C(=O)/C=C(/C)O)c1)c1cc2oc(-c3ccc(F)cc3)c(C=O)c2cc1C1CC1. The lowest BCUT2D eigenvalue weighted by atomic mass is 10.0. The van der Waals surface area contributed by atoms with Crippen molar-refractivity contribution >= 4 is 40.7 Å². The molecule has 1 fully saturated rings. The molecular weight excluding hydrogens is 553 g/mol. The zero-order valence-corrected chi connectivity index (χ0v) is 24.6. The molecule has 1 aliphatic rings. The van der Waals surface area contributed by atoms with Gasteiger partial charge in [0.15, 0.2) is 12.1 Å². The van der Waals surface area contributed by atoms with Crippen molar-refractivity contribution in [3.63, 3.8) is 0 Å². The first kappa shape index (κ1) is 29.6. The predicted molar refractivity (Wildman–Crippen MR) is 166 cm³/mol. The van der Waals surface area contributed by atoms with Crippen LogP contribution in [-0.2, 0) is 11.2 Å². The maximum Gasteiger partial charge on any atom is 0.189 e. The van der Waals surface area contributed by atoms with Crippen LogP contribution in [0, 0.1) is 5.82 Å². The molecule has 1 saturated carbocycles. The highest BCUT2D eigenvalue weighted by Gasteiger charge is 2.30. The first-order chi connectivity index (χ1) is 20.4. The molecular formula is C34H34FNO5S. The Morgan fingerprint density at radius 2 is 1.93 bits per heavy atom. The first-order valence-corrected chi connectivity index (χ1v) is 15.3. The van der Waals surface area contributed by atoms with Crippen LogP contribution in [0.1, 0.15) is 63.9 Å². The summed E-state index contributed by atoms with van der Waals surface area (Å²) in [5.41, 5.74) is 5.64. The molecule has 5 rings (SSSR count). The fourth-order valence-corrected chi connectivity index (χ4v) is 5.74. The Bertz CT molecular complexity index is 1600. The number of anilines is 1. The molecule has 0 spiro atoms. The molecule has 6 nitrogen and oxygen atoms in total. The smallest absolute Gasteiger partial charge is 0.189 e. The molecule has 1 heterocycles. The minimum Gasteiger partial charge on any atom is -0.512 e. The Labute approximate surface area is 249 Å². The van der Waals surface area contributed by atoms with Gasteiger partial charge in [-0.25, -0.2) is 4.39 Å². The Morgan fingerprint density at radius 1 is 1.14 bits per heavy atom. The summed E-state index contributed by atoms with van der Waals surface area (Å²) in [6.07, 6.45) is 7.90. The summed E-state index contributed by atoms with van der Waals surface area (Å²) in [6, 6.07) is 17.5. The molecule has 1 aliphatic carbocycles. The van der Waals surface area contributed by atoms with E-state index in [4.69, 9.17) is 9.15 Å². The summed E-state index contributed by atoms with van der Waals surface area (Å²) in [6.45, 7) is 3.29. The van der Waals surface area contributed by atoms with Crippen molar-refractivity contribution in [3.05, 3.63) is 101 Å². The summed E-state index contributed by atoms with van der Waals surface area (Å²) in [4.78, 5) is 24.3. The molecule has 3 aromatic carbocycles. The maximum atomic E-state index is 13.5. The topological polar surface area (TPSA) is 80.0 Å². The van der Waals surface area contributed by atoms with E-state index in [2.05, 4.69) is 10.4 Å². The number of benzene rings is 3. The largest absolute Gasteiger partial charge is 0.512 e. The first-order valence-electron chi connectivity index (χ1n) is 14.1. The number of hydrogen-bond acceptors (Lipinski definition) is 7. The van der Waals surface area contributed by atoms with Gasteiger partial charge in [-0.3, -0.25) is 9.59 Å². The number of hydrogen-bond donors (Lipinski definition) is 1. The van der Waals surface area contributed by atoms with E-state index in [9.17, 15) is 19.1 Å². The summed E-state index contributed by atoms with van der Waals surface area (Å²) in [5.74, 6) is 0.340. The molecule has 218 valence electrons. The van der Waals surface area contributed by atoms with Crippen molar-refractivity contribution in [2.75, 3.05) is 30.3 Å². The van der Waals surface area contributed by atoms with Crippen LogP contribution in [0.2, 0.25) is 0 Å². The third-order valence-corrected chi connectivity index (χ3v) is 8.17. The van der Waals surface area contributed by atoms with E-state index in [1.165, 1.54) is 30.7 Å². The van der Waals surface area contributed by atoms with Gasteiger partial charge in [0.25, 0.3) is 0 Å². The van der Waals surface area contributed by atoms with E-state index in [-0.39, 0.29) is 17.4 Å². The average Bonchev–Trinajstić information content (AvgIpc) is 3.77. The number of allylic oxidation sites excluding steroid dienone is 2. The Morgan fingerprint density at radius 3 is 2.62 bits per heavy atom. The highest BCUT2D eigenvalue weighted by Crippen LogP contribution is 2.48. The number of aliphatic hydroxyl groups is 1. The van der Waals surface area contributed by atoms with Crippen molar-refractivity contribution in [1.82, 2.24) is 0 Å². The number of rotatable bonds is 14. The van der Waals surface area contributed by atoms with Gasteiger partial charge in [-0.1, -0.05) is 30.1 Å². The van der Waals surface area contributed by atoms with Crippen molar-refractivity contribution < 1.29 is 28.2 Å². The average molecular weight is 588 g/mol. The van der Waals surface area contributed by atoms with Gasteiger partial charge in [-0.2, -0.15) is 0 Å². The second-order valence-corrected chi connectivity index (χ2v) is 11.3. The molecule has 1 aromatic heterocycles. The van der Waals surface area contributed by atoms with Crippen LogP contribution >= 0.6 is 11.9 Å². The molecule has 0 aliphatic heterocycles. The molecule has 0 bridgehead atoms. The normalized spacial score (nSPS) is 13.5. The molecule has 0 unspecified atom stereocenters. The van der Waals surface area contributed by atoms with Gasteiger partial charge >= 0.3 is 0 Å². The lowest BCUT2D eigenvalue weighted by Crippen LogP contribution is -2.21. The van der Waals surface area contributed by atoms with Crippen LogP contribution in [0.4, 0.5) is 10.1 Å². The number of ether oxygens (including phenoxy) is 1. The number of aryl methyl sites for hydroxylation is 1. The number of halogens is 1. The minimum atomic E-state index is -0.341. The Kier molecular flexibility index (Phi) is 9.45. The van der Waals surface area contributed by atoms with E-state index in [0.717, 1.165) is 48.6 Å². The van der Waals surface area contributed by atoms with Crippen molar-refractivity contribution in [2.45, 2.75) is 38.5 Å². The Balaban J connectivity index is 1.24. The van der Waals surface area contributed by atoms with Crippen LogP contribution in [0.3, 0.4) is 0 Å². The molecule has 0 amide bonds. The number of aldehydes is 1. The lowest BCUT2D eigenvalue weighted by molar-refractivity contribution is 0.104. The fraction of sp³-hybridized carbons (Fsp3) is 0.294. The van der Waals surface area contributed by atoms with Gasteiger partial charge in [0, 0.05) is 41.5 Å². The minimum absolute atomic E-state index is 0.00751. The number of carbonyl (C=O) groups excluding carboxylic acids is 2. The van der Waals surface area contributed by atoms with Gasteiger partial charge < -0.3 is 18.6 Å². The third kappa shape index (κ3) is 6.94. The Hall–Kier alpha value is -3.88. The summed E-state index contributed by atoms with van der Waals surface area (Å²) < 4.78 is 27.9. The second-order valence-electron chi connectivity index (χ2n) is 10.5. The van der Waals surface area contributed by atoms with E-state index in [0.29, 0.717) is 53.7 Å². The second kappa shape index (κ2) is 13.4. The number of furan rings is 1. The van der Waals surface area contributed by atoms with Crippen LogP contribution in [0.5, 0.6) is 0 Å². The van der Waals surface area contributed by atoms with E-state index in [1.807, 2.05) is 30.5 Å². The number of carbonyl (C=O) groups is 2. The van der Waals surface area contributed by atoms with Crippen molar-refractivity contribution in [1.29, 1.82) is 0 Å². The number of aliphatic hydroxyl groups excluding tert-OH is 1. The number of ketones is 1. The maximum absolute atomic E-state index is 13.5. The monoisotopic (exact) mass is 587 g/mol. The van der Waals surface area contributed by atoms with Gasteiger partial charge in [-0.15, -0.1) is 0 Å². The zero-order valence-electron chi connectivity index (χ0n) is 23.8. The molecule has 8 heteroatoms. The van der Waals surface area contributed by atoms with Gasteiger partial charge in [0.2, 0.25) is 0 Å². The molecule has 0 saturated heterocycles. The van der Waals surface area contributed by atoms with Crippen LogP contribution in [0.15, 0.2) is 76.9 Å². The fourth-order valence-electron chi connectivity index (χ4n) is 5.13.